The first-order chi connectivity index (χ1) is 10.0. The number of likely N-dealkylation sites (tertiary alicyclic amines) is 1. The van der Waals surface area contributed by atoms with Crippen molar-refractivity contribution in [1.82, 2.24) is 10.2 Å². The highest BCUT2D eigenvalue weighted by molar-refractivity contribution is 5.63. The van der Waals surface area contributed by atoms with Gasteiger partial charge in [-0.05, 0) is 44.0 Å². The highest BCUT2D eigenvalue weighted by Crippen LogP contribution is 2.49. The molecule has 1 saturated heterocycles. The summed E-state index contributed by atoms with van der Waals surface area (Å²) in [6.45, 7) is 2.96. The first kappa shape index (κ1) is 14.3. The monoisotopic (exact) mass is 290 g/mol. The molecule has 1 aromatic carbocycles. The molecule has 1 aliphatic heterocycles. The molecule has 2 aliphatic rings. The molecule has 2 N–H and O–H groups in total. The van der Waals surface area contributed by atoms with E-state index in [0.29, 0.717) is 23.7 Å². The Morgan fingerprint density at radius 2 is 2.14 bits per heavy atom. The maximum Gasteiger partial charge on any atom is 0.292 e. The molecule has 1 saturated carbocycles. The smallest absolute Gasteiger partial charge is 0.292 e. The normalized spacial score (nSPS) is 20.9. The Balaban J connectivity index is 1.66. The van der Waals surface area contributed by atoms with Crippen LogP contribution in [0.25, 0.3) is 0 Å². The van der Waals surface area contributed by atoms with E-state index in [1.54, 1.807) is 6.07 Å². The van der Waals surface area contributed by atoms with E-state index in [1.165, 1.54) is 0 Å². The molecule has 1 aliphatic carbocycles. The third-order valence-corrected chi connectivity index (χ3v) is 4.57. The van der Waals surface area contributed by atoms with E-state index in [-0.39, 0.29) is 10.6 Å². The van der Waals surface area contributed by atoms with Crippen LogP contribution in [0.15, 0.2) is 18.2 Å². The fourth-order valence-corrected chi connectivity index (χ4v) is 3.83. The van der Waals surface area contributed by atoms with Crippen molar-refractivity contribution in [1.29, 1.82) is 0 Å². The van der Waals surface area contributed by atoms with E-state index in [2.05, 4.69) is 22.6 Å². The number of hydrogen-bond donors (Lipinski definition) is 2. The van der Waals surface area contributed by atoms with Crippen LogP contribution in [0.1, 0.15) is 18.4 Å². The molecule has 114 valence electrons. The number of anilines is 1. The zero-order valence-electron chi connectivity index (χ0n) is 12.6. The Morgan fingerprint density at radius 1 is 1.43 bits per heavy atom. The molecule has 2 fully saturated rings. The third-order valence-electron chi connectivity index (χ3n) is 4.57. The summed E-state index contributed by atoms with van der Waals surface area (Å²) in [6, 6.07) is 5.80. The van der Waals surface area contributed by atoms with Crippen LogP contribution < -0.4 is 10.6 Å². The Morgan fingerprint density at radius 3 is 2.71 bits per heavy atom. The van der Waals surface area contributed by atoms with Gasteiger partial charge in [-0.3, -0.25) is 10.1 Å². The summed E-state index contributed by atoms with van der Waals surface area (Å²) >= 11 is 0. The van der Waals surface area contributed by atoms with Crippen molar-refractivity contribution in [2.75, 3.05) is 32.5 Å². The van der Waals surface area contributed by atoms with Gasteiger partial charge < -0.3 is 15.5 Å². The second kappa shape index (κ2) is 5.27. The van der Waals surface area contributed by atoms with Crippen LogP contribution in [0.5, 0.6) is 0 Å². The Bertz CT molecular complexity index is 547. The number of nitro groups is 1. The zero-order valence-corrected chi connectivity index (χ0v) is 12.6. The summed E-state index contributed by atoms with van der Waals surface area (Å²) in [6.07, 6.45) is 2.24. The van der Waals surface area contributed by atoms with Crippen LogP contribution in [0.3, 0.4) is 0 Å². The van der Waals surface area contributed by atoms with E-state index < -0.39 is 0 Å². The molecule has 0 aromatic heterocycles. The van der Waals surface area contributed by atoms with Gasteiger partial charge in [-0.1, -0.05) is 6.07 Å². The molecule has 21 heavy (non-hydrogen) atoms. The van der Waals surface area contributed by atoms with Gasteiger partial charge in [0.05, 0.1) is 4.92 Å². The molecule has 3 rings (SSSR count). The van der Waals surface area contributed by atoms with Crippen molar-refractivity contribution in [3.8, 4) is 0 Å². The van der Waals surface area contributed by atoms with Crippen LogP contribution in [-0.2, 0) is 6.54 Å². The van der Waals surface area contributed by atoms with E-state index >= 15 is 0 Å². The molecule has 0 unspecified atom stereocenters. The maximum absolute atomic E-state index is 11.2. The lowest BCUT2D eigenvalue weighted by molar-refractivity contribution is -0.384. The van der Waals surface area contributed by atoms with Gasteiger partial charge in [0, 0.05) is 31.7 Å². The summed E-state index contributed by atoms with van der Waals surface area (Å²) < 4.78 is 0. The zero-order chi connectivity index (χ0) is 15.0. The lowest BCUT2D eigenvalue weighted by Gasteiger charge is -2.58. The van der Waals surface area contributed by atoms with Gasteiger partial charge in [0.1, 0.15) is 5.69 Å². The number of benzene rings is 1. The number of rotatable bonds is 5. The van der Waals surface area contributed by atoms with Crippen LogP contribution in [0, 0.1) is 15.5 Å². The predicted octanol–water partition coefficient (Wildman–Crippen LogP) is 1.82. The molecule has 0 bridgehead atoms. The molecule has 1 aromatic rings. The van der Waals surface area contributed by atoms with Crippen molar-refractivity contribution >= 4 is 11.4 Å². The molecule has 0 radical (unpaired) electrons. The number of hydrogen-bond acceptors (Lipinski definition) is 5. The van der Waals surface area contributed by atoms with Gasteiger partial charge >= 0.3 is 0 Å². The minimum Gasteiger partial charge on any atom is -0.377 e. The lowest BCUT2D eigenvalue weighted by atomic mass is 9.61. The Labute approximate surface area is 124 Å². The fraction of sp³-hybridized carbons (Fsp3) is 0.600. The second-order valence-electron chi connectivity index (χ2n) is 6.56. The summed E-state index contributed by atoms with van der Waals surface area (Å²) in [5, 5.41) is 17.6. The second-order valence-corrected chi connectivity index (χ2v) is 6.56. The molecule has 6 heteroatoms. The van der Waals surface area contributed by atoms with Gasteiger partial charge in [0.25, 0.3) is 5.69 Å². The minimum atomic E-state index is -0.299. The molecule has 6 nitrogen and oxygen atoms in total. The van der Waals surface area contributed by atoms with Crippen LogP contribution in [0.4, 0.5) is 11.4 Å². The Kier molecular flexibility index (Phi) is 3.59. The average Bonchev–Trinajstić information content (AvgIpc) is 2.36. The van der Waals surface area contributed by atoms with Crippen LogP contribution >= 0.6 is 0 Å². The number of nitrogens with zero attached hydrogens (tertiary/aromatic N) is 2. The molecule has 0 atom stereocenters. The quantitative estimate of drug-likeness (QED) is 0.639. The average molecular weight is 290 g/mol. The standard InChI is InChI=1S/C15H22N4O2/c1-16-8-11-3-4-13(14(5-11)19(20)21)17-12-6-15(7-12)9-18(2)10-15/h3-5,12,16-17H,6-10H2,1-2H3. The van der Waals surface area contributed by atoms with Crippen LogP contribution in [0.2, 0.25) is 0 Å². The van der Waals surface area contributed by atoms with Gasteiger partial charge in [-0.15, -0.1) is 0 Å². The van der Waals surface area contributed by atoms with E-state index in [0.717, 1.165) is 31.5 Å². The first-order valence-corrected chi connectivity index (χ1v) is 7.38. The predicted molar refractivity (Wildman–Crippen MR) is 82.4 cm³/mol. The third kappa shape index (κ3) is 2.73. The topological polar surface area (TPSA) is 70.4 Å². The van der Waals surface area contributed by atoms with Gasteiger partial charge in [0.2, 0.25) is 0 Å². The van der Waals surface area contributed by atoms with Crippen molar-refractivity contribution < 1.29 is 4.92 Å². The first-order valence-electron chi connectivity index (χ1n) is 7.38. The number of nitro benzene ring substituents is 1. The van der Waals surface area contributed by atoms with Gasteiger partial charge in [-0.2, -0.15) is 0 Å². The van der Waals surface area contributed by atoms with Crippen LogP contribution in [-0.4, -0.2) is 43.0 Å². The van der Waals surface area contributed by atoms with E-state index in [4.69, 9.17) is 0 Å². The van der Waals surface area contributed by atoms with Gasteiger partial charge in [-0.25, -0.2) is 0 Å². The van der Waals surface area contributed by atoms with Crippen molar-refractivity contribution in [3.05, 3.63) is 33.9 Å². The highest BCUT2D eigenvalue weighted by atomic mass is 16.6. The largest absolute Gasteiger partial charge is 0.377 e. The Hall–Kier alpha value is -1.66. The maximum atomic E-state index is 11.2. The number of nitrogens with one attached hydrogen (secondary N) is 2. The van der Waals surface area contributed by atoms with Crippen molar-refractivity contribution in [2.24, 2.45) is 5.41 Å². The SMILES string of the molecule is CNCc1ccc(NC2CC3(C2)CN(C)C3)c([N+](=O)[O-])c1. The molecular weight excluding hydrogens is 268 g/mol. The van der Waals surface area contributed by atoms with E-state index in [1.807, 2.05) is 19.2 Å². The minimum absolute atomic E-state index is 0.175. The molecule has 1 heterocycles. The highest BCUT2D eigenvalue weighted by Gasteiger charge is 2.51. The summed E-state index contributed by atoms with van der Waals surface area (Å²) in [5.41, 5.74) is 2.23. The van der Waals surface area contributed by atoms with Gasteiger partial charge in [0.15, 0.2) is 0 Å². The summed E-state index contributed by atoms with van der Waals surface area (Å²) in [7, 11) is 3.97. The summed E-state index contributed by atoms with van der Waals surface area (Å²) in [4.78, 5) is 13.3. The van der Waals surface area contributed by atoms with Crippen molar-refractivity contribution in [2.45, 2.75) is 25.4 Å². The lowest BCUT2D eigenvalue weighted by Crippen LogP contribution is -2.63. The molecule has 1 spiro atoms. The summed E-state index contributed by atoms with van der Waals surface area (Å²) in [5.74, 6) is 0. The van der Waals surface area contributed by atoms with E-state index in [9.17, 15) is 10.1 Å². The van der Waals surface area contributed by atoms with Crippen molar-refractivity contribution in [3.63, 3.8) is 0 Å². The molecule has 0 amide bonds. The fourth-order valence-electron chi connectivity index (χ4n) is 3.83. The molecular formula is C15H22N4O2.